The van der Waals surface area contributed by atoms with Crippen LogP contribution in [0.2, 0.25) is 0 Å². The summed E-state index contributed by atoms with van der Waals surface area (Å²) in [5.74, 6) is -0.215. The second-order valence-corrected chi connectivity index (χ2v) is 8.31. The van der Waals surface area contributed by atoms with E-state index in [9.17, 15) is 14.0 Å². The Bertz CT molecular complexity index is 952. The van der Waals surface area contributed by atoms with Gasteiger partial charge in [0.1, 0.15) is 17.1 Å². The molecule has 4 atom stereocenters. The van der Waals surface area contributed by atoms with Crippen LogP contribution in [-0.2, 0) is 4.79 Å². The largest absolute Gasteiger partial charge is 0.341 e. The van der Waals surface area contributed by atoms with Gasteiger partial charge in [-0.05, 0) is 30.9 Å². The Morgan fingerprint density at radius 2 is 1.83 bits per heavy atom. The number of nitrogens with one attached hydrogen (secondary N) is 2. The number of benzene rings is 1. The molecule has 0 radical (unpaired) electrons. The van der Waals surface area contributed by atoms with E-state index in [0.29, 0.717) is 37.0 Å². The van der Waals surface area contributed by atoms with Gasteiger partial charge in [-0.1, -0.05) is 6.07 Å². The average molecular weight is 413 g/mol. The van der Waals surface area contributed by atoms with Crippen LogP contribution in [0.5, 0.6) is 0 Å². The quantitative estimate of drug-likeness (QED) is 0.746. The number of amides is 2. The van der Waals surface area contributed by atoms with Crippen LogP contribution in [0.3, 0.4) is 0 Å². The Kier molecular flexibility index (Phi) is 4.75. The first-order valence-corrected chi connectivity index (χ1v) is 10.2. The predicted octanol–water partition coefficient (Wildman–Crippen LogP) is 0.192. The summed E-state index contributed by atoms with van der Waals surface area (Å²) in [7, 11) is 0. The summed E-state index contributed by atoms with van der Waals surface area (Å²) >= 11 is 0. The van der Waals surface area contributed by atoms with Crippen molar-refractivity contribution in [1.29, 1.82) is 0 Å². The lowest BCUT2D eigenvalue weighted by atomic mass is 10.0. The normalized spacial score (nSPS) is 29.1. The van der Waals surface area contributed by atoms with Gasteiger partial charge in [-0.15, -0.1) is 0 Å². The second kappa shape index (κ2) is 7.44. The summed E-state index contributed by atoms with van der Waals surface area (Å²) < 4.78 is 14.6. The van der Waals surface area contributed by atoms with Crippen molar-refractivity contribution in [3.8, 4) is 5.69 Å². The third-order valence-corrected chi connectivity index (χ3v) is 6.28. The smallest absolute Gasteiger partial charge is 0.259 e. The maximum atomic E-state index is 14.6. The van der Waals surface area contributed by atoms with Gasteiger partial charge in [0.2, 0.25) is 5.91 Å². The van der Waals surface area contributed by atoms with Gasteiger partial charge < -0.3 is 10.2 Å². The fourth-order valence-corrected chi connectivity index (χ4v) is 4.94. The molecule has 10 heteroatoms. The van der Waals surface area contributed by atoms with E-state index < -0.39 is 5.82 Å². The third-order valence-electron chi connectivity index (χ3n) is 6.28. The Labute approximate surface area is 173 Å². The Morgan fingerprint density at radius 1 is 1.13 bits per heavy atom. The zero-order chi connectivity index (χ0) is 20.8. The molecule has 3 saturated heterocycles. The molecule has 1 aromatic carbocycles. The summed E-state index contributed by atoms with van der Waals surface area (Å²) in [6, 6.07) is 4.49. The predicted molar refractivity (Wildman–Crippen MR) is 105 cm³/mol. The number of aromatic nitrogens is 3. The van der Waals surface area contributed by atoms with Crippen molar-refractivity contribution in [2.45, 2.75) is 25.7 Å². The summed E-state index contributed by atoms with van der Waals surface area (Å²) in [5.41, 5.74) is 0.347. The highest BCUT2D eigenvalue weighted by Crippen LogP contribution is 2.34. The maximum absolute atomic E-state index is 14.6. The third kappa shape index (κ3) is 3.35. The molecular formula is C20H24FN7O2. The SMILES string of the molecule is CC1NC(=O)CC(N2CC3CN(C(=O)c4c(F)cccc4-n4nccn4)CC3C2)N1. The topological polar surface area (TPSA) is 95.4 Å². The van der Waals surface area contributed by atoms with Gasteiger partial charge >= 0.3 is 0 Å². The van der Waals surface area contributed by atoms with Crippen LogP contribution in [-0.4, -0.2) is 75.1 Å². The molecule has 0 saturated carbocycles. The molecule has 3 aliphatic heterocycles. The first-order chi connectivity index (χ1) is 14.5. The zero-order valence-electron chi connectivity index (χ0n) is 16.7. The molecule has 0 spiro atoms. The van der Waals surface area contributed by atoms with Crippen LogP contribution < -0.4 is 10.6 Å². The van der Waals surface area contributed by atoms with Gasteiger partial charge in [0, 0.05) is 26.2 Å². The summed E-state index contributed by atoms with van der Waals surface area (Å²) in [5, 5.41) is 14.4. The molecule has 158 valence electrons. The molecule has 2 amide bonds. The lowest BCUT2D eigenvalue weighted by molar-refractivity contribution is -0.126. The van der Waals surface area contributed by atoms with Crippen molar-refractivity contribution < 1.29 is 14.0 Å². The fraction of sp³-hybridized carbons (Fsp3) is 0.500. The molecule has 0 aliphatic carbocycles. The van der Waals surface area contributed by atoms with Crippen molar-refractivity contribution in [2.75, 3.05) is 26.2 Å². The summed E-state index contributed by atoms with van der Waals surface area (Å²) in [6.45, 7) is 4.72. The molecule has 9 nitrogen and oxygen atoms in total. The minimum absolute atomic E-state index is 0.00460. The van der Waals surface area contributed by atoms with E-state index in [0.717, 1.165) is 13.1 Å². The molecular weight excluding hydrogens is 389 g/mol. The van der Waals surface area contributed by atoms with Gasteiger partial charge in [0.05, 0.1) is 31.1 Å². The Hall–Kier alpha value is -2.85. The molecule has 2 aromatic rings. The fourth-order valence-electron chi connectivity index (χ4n) is 4.94. The number of hydrogen-bond donors (Lipinski definition) is 2. The standard InChI is InChI=1S/C20H24FN7O2/c1-12-24-17(7-18(29)25-12)26-8-13-10-27(11-14(13)9-26)20(30)19-15(21)3-2-4-16(19)28-22-5-6-23-28/h2-6,12-14,17,24H,7-11H2,1H3,(H,25,29). The van der Waals surface area contributed by atoms with Crippen molar-refractivity contribution >= 4 is 11.8 Å². The zero-order valence-corrected chi connectivity index (χ0v) is 16.7. The van der Waals surface area contributed by atoms with Crippen molar-refractivity contribution in [3.05, 3.63) is 42.0 Å². The number of carbonyl (C=O) groups excluding carboxylic acids is 2. The van der Waals surface area contributed by atoms with Gasteiger partial charge in [0.25, 0.3) is 5.91 Å². The first-order valence-electron chi connectivity index (χ1n) is 10.2. The summed E-state index contributed by atoms with van der Waals surface area (Å²) in [6.07, 6.45) is 3.39. The highest BCUT2D eigenvalue weighted by Gasteiger charge is 2.45. The highest BCUT2D eigenvalue weighted by atomic mass is 19.1. The van der Waals surface area contributed by atoms with E-state index in [4.69, 9.17) is 0 Å². The number of hydrogen-bond acceptors (Lipinski definition) is 6. The molecule has 1 aromatic heterocycles. The van der Waals surface area contributed by atoms with Crippen LogP contribution in [0, 0.1) is 17.7 Å². The molecule has 30 heavy (non-hydrogen) atoms. The molecule has 3 aliphatic rings. The van der Waals surface area contributed by atoms with E-state index in [2.05, 4.69) is 25.7 Å². The molecule has 3 fully saturated rings. The Balaban J connectivity index is 1.30. The van der Waals surface area contributed by atoms with Gasteiger partial charge in [0.15, 0.2) is 0 Å². The van der Waals surface area contributed by atoms with E-state index in [-0.39, 0.29) is 29.7 Å². The molecule has 2 N–H and O–H groups in total. The van der Waals surface area contributed by atoms with Gasteiger partial charge in [-0.25, -0.2) is 4.39 Å². The lowest BCUT2D eigenvalue weighted by Gasteiger charge is -2.36. The summed E-state index contributed by atoms with van der Waals surface area (Å²) in [4.78, 5) is 30.4. The second-order valence-electron chi connectivity index (χ2n) is 8.31. The average Bonchev–Trinajstić information content (AvgIpc) is 3.43. The van der Waals surface area contributed by atoms with E-state index in [1.165, 1.54) is 23.3 Å². The number of likely N-dealkylation sites (tertiary alicyclic amines) is 2. The number of nitrogens with zero attached hydrogens (tertiary/aromatic N) is 5. The lowest BCUT2D eigenvalue weighted by Crippen LogP contribution is -2.60. The van der Waals surface area contributed by atoms with Crippen LogP contribution >= 0.6 is 0 Å². The molecule has 4 unspecified atom stereocenters. The number of rotatable bonds is 3. The van der Waals surface area contributed by atoms with Crippen molar-refractivity contribution in [3.63, 3.8) is 0 Å². The number of halogens is 1. The monoisotopic (exact) mass is 413 g/mol. The van der Waals surface area contributed by atoms with E-state index in [1.807, 2.05) is 6.92 Å². The first kappa shape index (κ1) is 19.1. The van der Waals surface area contributed by atoms with Crippen LogP contribution in [0.15, 0.2) is 30.6 Å². The molecule has 5 rings (SSSR count). The van der Waals surface area contributed by atoms with Gasteiger partial charge in [-0.3, -0.25) is 19.8 Å². The van der Waals surface area contributed by atoms with Gasteiger partial charge in [-0.2, -0.15) is 15.0 Å². The minimum atomic E-state index is -0.570. The van der Waals surface area contributed by atoms with E-state index >= 15 is 0 Å². The van der Waals surface area contributed by atoms with E-state index in [1.54, 1.807) is 17.0 Å². The molecule has 0 bridgehead atoms. The highest BCUT2D eigenvalue weighted by molar-refractivity contribution is 5.98. The maximum Gasteiger partial charge on any atom is 0.259 e. The number of fused-ring (bicyclic) bond motifs is 1. The Morgan fingerprint density at radius 3 is 2.50 bits per heavy atom. The molecule has 4 heterocycles. The van der Waals surface area contributed by atoms with Crippen LogP contribution in [0.4, 0.5) is 4.39 Å². The minimum Gasteiger partial charge on any atom is -0.341 e. The van der Waals surface area contributed by atoms with Crippen LogP contribution in [0.1, 0.15) is 23.7 Å². The van der Waals surface area contributed by atoms with Crippen molar-refractivity contribution in [1.82, 2.24) is 35.4 Å². The van der Waals surface area contributed by atoms with Crippen molar-refractivity contribution in [2.24, 2.45) is 11.8 Å². The van der Waals surface area contributed by atoms with Crippen LogP contribution in [0.25, 0.3) is 5.69 Å². The number of carbonyl (C=O) groups is 2.